The van der Waals surface area contributed by atoms with Crippen LogP contribution in [0.5, 0.6) is 0 Å². The second-order valence-electron chi connectivity index (χ2n) is 1.93. The molecule has 0 bridgehead atoms. The normalized spacial score (nSPS) is 7.00. The Kier molecular flexibility index (Phi) is 11.4. The Bertz CT molecular complexity index is 204. The highest BCUT2D eigenvalue weighted by molar-refractivity contribution is 5.63. The van der Waals surface area contributed by atoms with Crippen molar-refractivity contribution >= 4 is 11.9 Å². The lowest BCUT2D eigenvalue weighted by Crippen LogP contribution is -1.78. The molecule has 0 amide bonds. The number of hydrogen-bond acceptors (Lipinski definition) is 4. The molecule has 0 fully saturated rings. The number of hydrogen-bond donors (Lipinski definition) is 2. The van der Waals surface area contributed by atoms with Crippen LogP contribution in [0.4, 0.5) is 0 Å². The minimum absolute atomic E-state index is 0.833. The molecule has 1 heterocycles. The summed E-state index contributed by atoms with van der Waals surface area (Å²) in [5.41, 5.74) is 0. The van der Waals surface area contributed by atoms with Gasteiger partial charge in [0.1, 0.15) is 0 Å². The number of aliphatic carboxylic acids is 2. The van der Waals surface area contributed by atoms with Crippen LogP contribution in [0.2, 0.25) is 0 Å². The summed E-state index contributed by atoms with van der Waals surface area (Å²) in [6, 6.07) is 0. The lowest BCUT2D eigenvalue weighted by atomic mass is 10.8. The van der Waals surface area contributed by atoms with E-state index in [9.17, 15) is 0 Å². The van der Waals surface area contributed by atoms with Gasteiger partial charge in [0.05, 0.1) is 0 Å². The van der Waals surface area contributed by atoms with Crippen LogP contribution in [-0.4, -0.2) is 32.1 Å². The molecule has 0 saturated carbocycles. The fraction of sp³-hybridized carbons (Fsp3) is 0.250. The number of rotatable bonds is 0. The molecule has 0 aliphatic rings. The molecule has 1 aromatic heterocycles. The number of nitrogens with zero attached hydrogens (tertiary/aromatic N) is 2. The van der Waals surface area contributed by atoms with Gasteiger partial charge in [0.2, 0.25) is 0 Å². The van der Waals surface area contributed by atoms with E-state index in [1.54, 1.807) is 24.8 Å². The van der Waals surface area contributed by atoms with E-state index in [4.69, 9.17) is 19.8 Å². The first kappa shape index (κ1) is 14.5. The van der Waals surface area contributed by atoms with Crippen molar-refractivity contribution in [3.05, 3.63) is 24.8 Å². The summed E-state index contributed by atoms with van der Waals surface area (Å²) in [6.07, 6.45) is 6.56. The molecule has 6 heteroatoms. The van der Waals surface area contributed by atoms with Crippen LogP contribution >= 0.6 is 0 Å². The van der Waals surface area contributed by atoms with Gasteiger partial charge >= 0.3 is 0 Å². The maximum atomic E-state index is 9.00. The quantitative estimate of drug-likeness (QED) is 0.638. The van der Waals surface area contributed by atoms with Gasteiger partial charge in [0, 0.05) is 38.6 Å². The van der Waals surface area contributed by atoms with Crippen molar-refractivity contribution in [1.29, 1.82) is 0 Å². The van der Waals surface area contributed by atoms with Crippen LogP contribution in [0, 0.1) is 0 Å². The van der Waals surface area contributed by atoms with Crippen molar-refractivity contribution in [3.63, 3.8) is 0 Å². The third-order valence-electron chi connectivity index (χ3n) is 0.478. The van der Waals surface area contributed by atoms with Gasteiger partial charge in [-0.15, -0.1) is 0 Å². The monoisotopic (exact) mass is 200 g/mol. The van der Waals surface area contributed by atoms with Gasteiger partial charge in [0.15, 0.2) is 0 Å². The molecule has 14 heavy (non-hydrogen) atoms. The SMILES string of the molecule is CC(=O)O.CC(=O)O.c1cnccn1. The van der Waals surface area contributed by atoms with Crippen molar-refractivity contribution in [1.82, 2.24) is 9.97 Å². The fourth-order valence-electron chi connectivity index (χ4n) is 0.253. The van der Waals surface area contributed by atoms with Crippen LogP contribution in [0.3, 0.4) is 0 Å². The van der Waals surface area contributed by atoms with Gasteiger partial charge in [-0.25, -0.2) is 0 Å². The molecule has 0 aliphatic carbocycles. The van der Waals surface area contributed by atoms with Gasteiger partial charge in [0.25, 0.3) is 11.9 Å². The van der Waals surface area contributed by atoms with Crippen LogP contribution in [0.1, 0.15) is 13.8 Å². The maximum Gasteiger partial charge on any atom is 0.300 e. The Morgan fingerprint density at radius 2 is 1.00 bits per heavy atom. The highest BCUT2D eigenvalue weighted by Gasteiger charge is 1.66. The average molecular weight is 200 g/mol. The molecule has 0 unspecified atom stereocenters. The number of carboxylic acid groups (broad SMARTS) is 2. The molecule has 0 aromatic carbocycles. The summed E-state index contributed by atoms with van der Waals surface area (Å²) in [5, 5.41) is 14.8. The summed E-state index contributed by atoms with van der Waals surface area (Å²) in [7, 11) is 0. The summed E-state index contributed by atoms with van der Waals surface area (Å²) >= 11 is 0. The molecular formula is C8H12N2O4. The van der Waals surface area contributed by atoms with E-state index in [2.05, 4.69) is 9.97 Å². The Hall–Kier alpha value is -1.98. The van der Waals surface area contributed by atoms with Crippen LogP contribution in [0.25, 0.3) is 0 Å². The zero-order valence-corrected chi connectivity index (χ0v) is 7.91. The van der Waals surface area contributed by atoms with Crippen molar-refractivity contribution in [2.24, 2.45) is 0 Å². The standard InChI is InChI=1S/C4H4N2.2C2H4O2/c1-2-6-4-3-5-1;2*1-2(3)4/h1-4H;2*1H3,(H,3,4). The summed E-state index contributed by atoms with van der Waals surface area (Å²) in [5.74, 6) is -1.67. The average Bonchev–Trinajstić information content (AvgIpc) is 2.05. The Balaban J connectivity index is 0. The van der Waals surface area contributed by atoms with E-state index in [1.807, 2.05) is 0 Å². The molecule has 2 N–H and O–H groups in total. The highest BCUT2D eigenvalue weighted by atomic mass is 16.4. The molecule has 78 valence electrons. The Morgan fingerprint density at radius 1 is 0.857 bits per heavy atom. The zero-order chi connectivity index (χ0) is 11.4. The molecule has 0 radical (unpaired) electrons. The van der Waals surface area contributed by atoms with Crippen molar-refractivity contribution < 1.29 is 19.8 Å². The van der Waals surface area contributed by atoms with Gasteiger partial charge < -0.3 is 10.2 Å². The molecule has 0 aliphatic heterocycles. The maximum absolute atomic E-state index is 9.00. The molecule has 1 rings (SSSR count). The van der Waals surface area contributed by atoms with Gasteiger partial charge in [-0.2, -0.15) is 0 Å². The second-order valence-corrected chi connectivity index (χ2v) is 1.93. The predicted octanol–water partition coefficient (Wildman–Crippen LogP) is 0.658. The molecule has 1 aromatic rings. The van der Waals surface area contributed by atoms with Crippen LogP contribution < -0.4 is 0 Å². The highest BCUT2D eigenvalue weighted by Crippen LogP contribution is 1.65. The molecular weight excluding hydrogens is 188 g/mol. The molecule has 6 nitrogen and oxygen atoms in total. The summed E-state index contributed by atoms with van der Waals surface area (Å²) in [6.45, 7) is 2.17. The smallest absolute Gasteiger partial charge is 0.300 e. The largest absolute Gasteiger partial charge is 0.481 e. The van der Waals surface area contributed by atoms with Gasteiger partial charge in [-0.3, -0.25) is 19.6 Å². The number of carboxylic acids is 2. The van der Waals surface area contributed by atoms with E-state index >= 15 is 0 Å². The lowest BCUT2D eigenvalue weighted by Gasteiger charge is -1.70. The zero-order valence-electron chi connectivity index (χ0n) is 7.91. The molecule has 0 atom stereocenters. The lowest BCUT2D eigenvalue weighted by molar-refractivity contribution is -0.135. The molecule has 0 saturated heterocycles. The third-order valence-corrected chi connectivity index (χ3v) is 0.478. The minimum Gasteiger partial charge on any atom is -0.481 e. The number of aromatic nitrogens is 2. The second kappa shape index (κ2) is 11.0. The van der Waals surface area contributed by atoms with E-state index < -0.39 is 11.9 Å². The fourth-order valence-corrected chi connectivity index (χ4v) is 0.253. The minimum atomic E-state index is -0.833. The van der Waals surface area contributed by atoms with E-state index in [0.717, 1.165) is 13.8 Å². The van der Waals surface area contributed by atoms with Crippen LogP contribution in [-0.2, 0) is 9.59 Å². The topological polar surface area (TPSA) is 100 Å². The third kappa shape index (κ3) is 50.4. The first-order valence-electron chi connectivity index (χ1n) is 3.55. The van der Waals surface area contributed by atoms with Crippen molar-refractivity contribution in [2.45, 2.75) is 13.8 Å². The van der Waals surface area contributed by atoms with Gasteiger partial charge in [-0.05, 0) is 0 Å². The first-order valence-corrected chi connectivity index (χ1v) is 3.55. The predicted molar refractivity (Wildman–Crippen MR) is 48.7 cm³/mol. The Morgan fingerprint density at radius 3 is 1.07 bits per heavy atom. The summed E-state index contributed by atoms with van der Waals surface area (Å²) < 4.78 is 0. The van der Waals surface area contributed by atoms with Crippen molar-refractivity contribution in [2.75, 3.05) is 0 Å². The van der Waals surface area contributed by atoms with Crippen LogP contribution in [0.15, 0.2) is 24.8 Å². The Labute approximate surface area is 81.3 Å². The number of carbonyl (C=O) groups is 2. The van der Waals surface area contributed by atoms with Crippen molar-refractivity contribution in [3.8, 4) is 0 Å². The van der Waals surface area contributed by atoms with Gasteiger partial charge in [-0.1, -0.05) is 0 Å². The first-order chi connectivity index (χ1) is 6.46. The summed E-state index contributed by atoms with van der Waals surface area (Å²) in [4.78, 5) is 25.4. The van der Waals surface area contributed by atoms with E-state index in [0.29, 0.717) is 0 Å². The van der Waals surface area contributed by atoms with E-state index in [1.165, 1.54) is 0 Å². The van der Waals surface area contributed by atoms with E-state index in [-0.39, 0.29) is 0 Å². The molecule has 0 spiro atoms.